The van der Waals surface area contributed by atoms with E-state index in [-0.39, 0.29) is 19.0 Å². The predicted octanol–water partition coefficient (Wildman–Crippen LogP) is 0.970. The highest BCUT2D eigenvalue weighted by Gasteiger charge is 2.10. The van der Waals surface area contributed by atoms with Crippen LogP contribution in [0.15, 0.2) is 46.1 Å². The van der Waals surface area contributed by atoms with E-state index in [2.05, 4.69) is 5.32 Å². The van der Waals surface area contributed by atoms with Crippen molar-refractivity contribution >= 4 is 5.91 Å². The lowest BCUT2D eigenvalue weighted by Gasteiger charge is -2.11. The number of carbonyl (C=O) groups is 1. The molecule has 0 atom stereocenters. The maximum absolute atomic E-state index is 13.2. The molecule has 0 aliphatic heterocycles. The van der Waals surface area contributed by atoms with Gasteiger partial charge in [0.25, 0.3) is 5.56 Å². The highest BCUT2D eigenvalue weighted by atomic mass is 19.1. The van der Waals surface area contributed by atoms with E-state index in [0.29, 0.717) is 12.1 Å². The molecule has 1 aromatic heterocycles. The normalized spacial score (nSPS) is 10.8. The fourth-order valence-electron chi connectivity index (χ4n) is 2.17. The molecule has 0 saturated heterocycles. The summed E-state index contributed by atoms with van der Waals surface area (Å²) in [5.74, 6) is -0.528. The number of hydrogen-bond donors (Lipinski definition) is 1. The zero-order valence-corrected chi connectivity index (χ0v) is 13.7. The van der Waals surface area contributed by atoms with Gasteiger partial charge in [0.15, 0.2) is 0 Å². The minimum Gasteiger partial charge on any atom is -0.354 e. The van der Waals surface area contributed by atoms with Crippen LogP contribution in [0.1, 0.15) is 19.4 Å². The summed E-state index contributed by atoms with van der Waals surface area (Å²) in [4.78, 5) is 36.2. The van der Waals surface area contributed by atoms with Gasteiger partial charge in [-0.1, -0.05) is 26.0 Å². The quantitative estimate of drug-likeness (QED) is 0.856. The molecule has 1 heterocycles. The van der Waals surface area contributed by atoms with Crippen molar-refractivity contribution in [3.63, 3.8) is 0 Å². The zero-order chi connectivity index (χ0) is 17.7. The van der Waals surface area contributed by atoms with Crippen LogP contribution in [0.5, 0.6) is 0 Å². The van der Waals surface area contributed by atoms with Crippen LogP contribution >= 0.6 is 0 Å². The fourth-order valence-corrected chi connectivity index (χ4v) is 2.17. The maximum atomic E-state index is 13.2. The van der Waals surface area contributed by atoms with Gasteiger partial charge in [-0.05, 0) is 23.6 Å². The minimum absolute atomic E-state index is 0.116. The van der Waals surface area contributed by atoms with Gasteiger partial charge >= 0.3 is 5.69 Å². The van der Waals surface area contributed by atoms with Crippen LogP contribution in [-0.4, -0.2) is 21.6 Å². The number of nitrogens with one attached hydrogen (secondary N) is 1. The van der Waals surface area contributed by atoms with Gasteiger partial charge in [-0.25, -0.2) is 9.18 Å². The van der Waals surface area contributed by atoms with Crippen LogP contribution in [0, 0.1) is 11.7 Å². The molecule has 7 heteroatoms. The van der Waals surface area contributed by atoms with Crippen molar-refractivity contribution in [1.82, 2.24) is 14.5 Å². The third-order valence-electron chi connectivity index (χ3n) is 3.39. The van der Waals surface area contributed by atoms with E-state index in [1.54, 1.807) is 12.1 Å². The van der Waals surface area contributed by atoms with Gasteiger partial charge in [-0.15, -0.1) is 0 Å². The molecule has 0 fully saturated rings. The number of hydrogen-bond acceptors (Lipinski definition) is 3. The first-order chi connectivity index (χ1) is 11.4. The van der Waals surface area contributed by atoms with Gasteiger partial charge in [0.05, 0.1) is 6.54 Å². The Balaban J connectivity index is 2.22. The number of halogens is 1. The Morgan fingerprint density at radius 3 is 2.67 bits per heavy atom. The molecule has 2 aromatic rings. The Morgan fingerprint density at radius 2 is 2.00 bits per heavy atom. The molecule has 1 aromatic carbocycles. The molecule has 24 heavy (non-hydrogen) atoms. The van der Waals surface area contributed by atoms with E-state index in [1.807, 2.05) is 13.8 Å². The topological polar surface area (TPSA) is 73.1 Å². The van der Waals surface area contributed by atoms with Crippen LogP contribution in [-0.2, 0) is 17.9 Å². The van der Waals surface area contributed by atoms with Gasteiger partial charge in [-0.2, -0.15) is 0 Å². The maximum Gasteiger partial charge on any atom is 0.331 e. The average molecular weight is 333 g/mol. The molecule has 0 radical (unpaired) electrons. The van der Waals surface area contributed by atoms with Crippen molar-refractivity contribution in [2.24, 2.45) is 5.92 Å². The molecule has 0 aliphatic carbocycles. The second-order valence-electron chi connectivity index (χ2n) is 5.98. The average Bonchev–Trinajstić information content (AvgIpc) is 2.52. The molecule has 1 N–H and O–H groups in total. The van der Waals surface area contributed by atoms with Crippen LogP contribution < -0.4 is 16.6 Å². The number of nitrogens with zero attached hydrogens (tertiary/aromatic N) is 2. The number of carbonyl (C=O) groups excluding carboxylic acids is 1. The molecule has 128 valence electrons. The van der Waals surface area contributed by atoms with Crippen molar-refractivity contribution in [3.05, 3.63) is 68.7 Å². The van der Waals surface area contributed by atoms with E-state index in [1.165, 1.54) is 29.0 Å². The van der Waals surface area contributed by atoms with E-state index in [9.17, 15) is 18.8 Å². The van der Waals surface area contributed by atoms with E-state index >= 15 is 0 Å². The molecule has 6 nitrogen and oxygen atoms in total. The lowest BCUT2D eigenvalue weighted by molar-refractivity contribution is -0.121. The molecule has 2 rings (SSSR count). The Morgan fingerprint density at radius 1 is 1.25 bits per heavy atom. The summed E-state index contributed by atoms with van der Waals surface area (Å²) in [6.07, 6.45) is 1.35. The molecular weight excluding hydrogens is 313 g/mol. The number of benzene rings is 1. The first-order valence-corrected chi connectivity index (χ1v) is 7.68. The van der Waals surface area contributed by atoms with Crippen molar-refractivity contribution < 1.29 is 9.18 Å². The molecule has 0 spiro atoms. The van der Waals surface area contributed by atoms with Crippen LogP contribution in [0.3, 0.4) is 0 Å². The highest BCUT2D eigenvalue weighted by molar-refractivity contribution is 5.75. The molecule has 0 saturated carbocycles. The zero-order valence-electron chi connectivity index (χ0n) is 13.7. The Kier molecular flexibility index (Phi) is 5.68. The van der Waals surface area contributed by atoms with Gasteiger partial charge in [0, 0.05) is 18.8 Å². The van der Waals surface area contributed by atoms with Crippen LogP contribution in [0.25, 0.3) is 0 Å². The molecule has 0 bridgehead atoms. The van der Waals surface area contributed by atoms with E-state index < -0.39 is 23.0 Å². The van der Waals surface area contributed by atoms with Crippen LogP contribution in [0.4, 0.5) is 4.39 Å². The summed E-state index contributed by atoms with van der Waals surface area (Å²) >= 11 is 0. The van der Waals surface area contributed by atoms with Gasteiger partial charge in [-0.3, -0.25) is 18.7 Å². The van der Waals surface area contributed by atoms with Gasteiger partial charge < -0.3 is 5.32 Å². The molecule has 0 aliphatic rings. The van der Waals surface area contributed by atoms with Crippen LogP contribution in [0.2, 0.25) is 0 Å². The highest BCUT2D eigenvalue weighted by Crippen LogP contribution is 2.04. The molecule has 1 amide bonds. The summed E-state index contributed by atoms with van der Waals surface area (Å²) in [5, 5.41) is 2.67. The minimum atomic E-state index is -0.605. The smallest absolute Gasteiger partial charge is 0.331 e. The lowest BCUT2D eigenvalue weighted by atomic mass is 10.2. The summed E-state index contributed by atoms with van der Waals surface area (Å²) in [5.41, 5.74) is -0.562. The fraction of sp³-hybridized carbons (Fsp3) is 0.353. The number of rotatable bonds is 6. The Labute approximate surface area is 138 Å². The lowest BCUT2D eigenvalue weighted by Crippen LogP contribution is -2.43. The van der Waals surface area contributed by atoms with Crippen molar-refractivity contribution in [3.8, 4) is 0 Å². The predicted molar refractivity (Wildman–Crippen MR) is 88.3 cm³/mol. The van der Waals surface area contributed by atoms with Crippen molar-refractivity contribution in [2.75, 3.05) is 6.54 Å². The standard InChI is InChI=1S/C17H20FN3O3/c1-12(2)9-19-15(22)11-21-16(23)6-7-20(17(21)24)10-13-4-3-5-14(18)8-13/h3-8,12H,9-11H2,1-2H3,(H,19,22). The SMILES string of the molecule is CC(C)CNC(=O)Cn1c(=O)ccn(Cc2cccc(F)c2)c1=O. The Hall–Kier alpha value is -2.70. The van der Waals surface area contributed by atoms with Crippen molar-refractivity contribution in [2.45, 2.75) is 26.9 Å². The second kappa shape index (κ2) is 7.72. The summed E-state index contributed by atoms with van der Waals surface area (Å²) in [6, 6.07) is 7.07. The van der Waals surface area contributed by atoms with Gasteiger partial charge in [0.2, 0.25) is 5.91 Å². The number of amides is 1. The first-order valence-electron chi connectivity index (χ1n) is 7.68. The third-order valence-corrected chi connectivity index (χ3v) is 3.39. The number of aromatic nitrogens is 2. The summed E-state index contributed by atoms with van der Waals surface area (Å²) < 4.78 is 15.4. The second-order valence-corrected chi connectivity index (χ2v) is 5.98. The monoisotopic (exact) mass is 333 g/mol. The largest absolute Gasteiger partial charge is 0.354 e. The summed E-state index contributed by atoms with van der Waals surface area (Å²) in [7, 11) is 0. The van der Waals surface area contributed by atoms with Gasteiger partial charge in [0.1, 0.15) is 12.4 Å². The molecule has 0 unspecified atom stereocenters. The van der Waals surface area contributed by atoms with E-state index in [4.69, 9.17) is 0 Å². The molecular formula is C17H20FN3O3. The van der Waals surface area contributed by atoms with Crippen molar-refractivity contribution in [1.29, 1.82) is 0 Å². The third kappa shape index (κ3) is 4.65. The first kappa shape index (κ1) is 17.7. The van der Waals surface area contributed by atoms with E-state index in [0.717, 1.165) is 4.57 Å². The summed E-state index contributed by atoms with van der Waals surface area (Å²) in [6.45, 7) is 4.14. The Bertz CT molecular complexity index is 839.